The zero-order valence-electron chi connectivity index (χ0n) is 11.4. The summed E-state index contributed by atoms with van der Waals surface area (Å²) in [7, 11) is 1.58. The highest BCUT2D eigenvalue weighted by atomic mass is 16.5. The van der Waals surface area contributed by atoms with Crippen LogP contribution in [0.15, 0.2) is 30.3 Å². The van der Waals surface area contributed by atoms with E-state index in [9.17, 15) is 4.79 Å². The smallest absolute Gasteiger partial charge is 0.354 e. The lowest BCUT2D eigenvalue weighted by atomic mass is 10.3. The van der Waals surface area contributed by atoms with Crippen LogP contribution in [0.3, 0.4) is 0 Å². The summed E-state index contributed by atoms with van der Waals surface area (Å²) in [6.07, 6.45) is 0. The second kappa shape index (κ2) is 6.10. The number of rotatable bonds is 6. The van der Waals surface area contributed by atoms with Crippen LogP contribution < -0.4 is 9.47 Å². The van der Waals surface area contributed by atoms with Gasteiger partial charge in [0, 0.05) is 12.6 Å². The van der Waals surface area contributed by atoms with Crippen molar-refractivity contribution in [2.45, 2.75) is 20.1 Å². The van der Waals surface area contributed by atoms with Gasteiger partial charge in [-0.25, -0.2) is 4.79 Å². The summed E-state index contributed by atoms with van der Waals surface area (Å²) in [6, 6.07) is 8.72. The van der Waals surface area contributed by atoms with Gasteiger partial charge >= 0.3 is 5.97 Å². The summed E-state index contributed by atoms with van der Waals surface area (Å²) in [6.45, 7) is 2.55. The van der Waals surface area contributed by atoms with Gasteiger partial charge in [-0.2, -0.15) is 5.10 Å². The quantitative estimate of drug-likeness (QED) is 0.875. The van der Waals surface area contributed by atoms with E-state index in [2.05, 4.69) is 5.10 Å². The third-order valence-corrected chi connectivity index (χ3v) is 2.78. The number of ether oxygens (including phenoxy) is 2. The van der Waals surface area contributed by atoms with Gasteiger partial charge in [-0.05, 0) is 25.1 Å². The number of carbonyl (C=O) groups is 1. The first-order chi connectivity index (χ1) is 9.63. The van der Waals surface area contributed by atoms with Gasteiger partial charge in [0.1, 0.15) is 29.5 Å². The molecule has 0 aliphatic heterocycles. The molecule has 0 aliphatic rings. The molecule has 6 heteroatoms. The van der Waals surface area contributed by atoms with Gasteiger partial charge < -0.3 is 14.6 Å². The van der Waals surface area contributed by atoms with E-state index in [1.807, 2.05) is 19.1 Å². The van der Waals surface area contributed by atoms with Gasteiger partial charge in [0.2, 0.25) is 0 Å². The fourth-order valence-corrected chi connectivity index (χ4v) is 1.80. The van der Waals surface area contributed by atoms with Crippen molar-refractivity contribution in [3.8, 4) is 11.5 Å². The van der Waals surface area contributed by atoms with Gasteiger partial charge in [-0.3, -0.25) is 4.68 Å². The summed E-state index contributed by atoms with van der Waals surface area (Å²) in [4.78, 5) is 11.0. The molecular formula is C14H16N2O4. The SMILES string of the molecule is CCn1nc(COc2cccc(OC)c2)cc1C(=O)O. The first kappa shape index (κ1) is 13.9. The van der Waals surface area contributed by atoms with Crippen molar-refractivity contribution in [2.24, 2.45) is 0 Å². The van der Waals surface area contributed by atoms with Crippen LogP contribution in [0.25, 0.3) is 0 Å². The molecule has 0 amide bonds. The monoisotopic (exact) mass is 276 g/mol. The van der Waals surface area contributed by atoms with Gasteiger partial charge in [0.05, 0.1) is 7.11 Å². The Labute approximate surface area is 116 Å². The van der Waals surface area contributed by atoms with Crippen LogP contribution in [-0.4, -0.2) is 28.0 Å². The maximum atomic E-state index is 11.0. The van der Waals surface area contributed by atoms with Crippen LogP contribution in [0.5, 0.6) is 11.5 Å². The molecule has 106 valence electrons. The topological polar surface area (TPSA) is 73.6 Å². The number of nitrogens with zero attached hydrogens (tertiary/aromatic N) is 2. The van der Waals surface area contributed by atoms with E-state index in [-0.39, 0.29) is 12.3 Å². The minimum absolute atomic E-state index is 0.164. The Morgan fingerprint density at radius 1 is 1.35 bits per heavy atom. The minimum atomic E-state index is -0.994. The summed E-state index contributed by atoms with van der Waals surface area (Å²) in [5, 5.41) is 13.2. The molecule has 0 radical (unpaired) electrons. The van der Waals surface area contributed by atoms with Crippen molar-refractivity contribution < 1.29 is 19.4 Å². The minimum Gasteiger partial charge on any atom is -0.497 e. The number of aromatic carboxylic acids is 1. The van der Waals surface area contributed by atoms with Crippen molar-refractivity contribution in [2.75, 3.05) is 7.11 Å². The van der Waals surface area contributed by atoms with Crippen molar-refractivity contribution in [1.29, 1.82) is 0 Å². The van der Waals surface area contributed by atoms with E-state index in [4.69, 9.17) is 14.6 Å². The summed E-state index contributed by atoms with van der Waals surface area (Å²) < 4.78 is 12.1. The first-order valence-corrected chi connectivity index (χ1v) is 6.21. The Morgan fingerprint density at radius 2 is 2.10 bits per heavy atom. The van der Waals surface area contributed by atoms with E-state index in [1.165, 1.54) is 10.7 Å². The van der Waals surface area contributed by atoms with E-state index >= 15 is 0 Å². The van der Waals surface area contributed by atoms with E-state index in [0.717, 1.165) is 0 Å². The number of aromatic nitrogens is 2. The lowest BCUT2D eigenvalue weighted by Gasteiger charge is -2.05. The molecule has 0 aliphatic carbocycles. The molecule has 0 spiro atoms. The zero-order valence-corrected chi connectivity index (χ0v) is 11.4. The molecule has 0 saturated carbocycles. The van der Waals surface area contributed by atoms with Crippen molar-refractivity contribution in [3.05, 3.63) is 41.7 Å². The van der Waals surface area contributed by atoms with Gasteiger partial charge in [-0.15, -0.1) is 0 Å². The molecule has 0 saturated heterocycles. The Balaban J connectivity index is 2.08. The average Bonchev–Trinajstić information content (AvgIpc) is 2.89. The maximum absolute atomic E-state index is 11.0. The van der Waals surface area contributed by atoms with Crippen molar-refractivity contribution >= 4 is 5.97 Å². The highest BCUT2D eigenvalue weighted by Crippen LogP contribution is 2.20. The van der Waals surface area contributed by atoms with E-state index in [0.29, 0.717) is 23.7 Å². The molecule has 1 aromatic heterocycles. The zero-order chi connectivity index (χ0) is 14.5. The number of aryl methyl sites for hydroxylation is 1. The van der Waals surface area contributed by atoms with Crippen LogP contribution >= 0.6 is 0 Å². The first-order valence-electron chi connectivity index (χ1n) is 6.21. The van der Waals surface area contributed by atoms with Crippen LogP contribution in [0.4, 0.5) is 0 Å². The Hall–Kier alpha value is -2.50. The second-order valence-electron chi connectivity index (χ2n) is 4.11. The standard InChI is InChI=1S/C14H16N2O4/c1-3-16-13(14(17)18)7-10(15-16)9-20-12-6-4-5-11(8-12)19-2/h4-8H,3,9H2,1-2H3,(H,17,18). The Bertz CT molecular complexity index is 607. The van der Waals surface area contributed by atoms with Gasteiger partial charge in [0.25, 0.3) is 0 Å². The molecule has 20 heavy (non-hydrogen) atoms. The molecule has 0 unspecified atom stereocenters. The summed E-state index contributed by atoms with van der Waals surface area (Å²) in [5.74, 6) is 0.354. The predicted molar refractivity (Wildman–Crippen MR) is 72.2 cm³/mol. The number of hydrogen-bond donors (Lipinski definition) is 1. The number of carboxylic acids is 1. The second-order valence-corrected chi connectivity index (χ2v) is 4.11. The van der Waals surface area contributed by atoms with E-state index in [1.54, 1.807) is 19.2 Å². The summed E-state index contributed by atoms with van der Waals surface area (Å²) in [5.41, 5.74) is 0.740. The van der Waals surface area contributed by atoms with Crippen LogP contribution in [0, 0.1) is 0 Å². The highest BCUT2D eigenvalue weighted by Gasteiger charge is 2.13. The third kappa shape index (κ3) is 3.09. The fourth-order valence-electron chi connectivity index (χ4n) is 1.80. The largest absolute Gasteiger partial charge is 0.497 e. The molecule has 0 atom stereocenters. The molecule has 2 aromatic rings. The number of methoxy groups -OCH3 is 1. The lowest BCUT2D eigenvalue weighted by Crippen LogP contribution is -2.08. The predicted octanol–water partition coefficient (Wildman–Crippen LogP) is 2.19. The van der Waals surface area contributed by atoms with Crippen molar-refractivity contribution in [3.63, 3.8) is 0 Å². The maximum Gasteiger partial charge on any atom is 0.354 e. The normalized spacial score (nSPS) is 10.3. The molecule has 0 bridgehead atoms. The van der Waals surface area contributed by atoms with Crippen LogP contribution in [0.1, 0.15) is 23.1 Å². The van der Waals surface area contributed by atoms with Crippen LogP contribution in [0.2, 0.25) is 0 Å². The number of hydrogen-bond acceptors (Lipinski definition) is 4. The molecule has 1 aromatic carbocycles. The number of benzene rings is 1. The highest BCUT2D eigenvalue weighted by molar-refractivity contribution is 5.85. The average molecular weight is 276 g/mol. The van der Waals surface area contributed by atoms with E-state index < -0.39 is 5.97 Å². The Kier molecular flexibility index (Phi) is 4.24. The van der Waals surface area contributed by atoms with Crippen molar-refractivity contribution in [1.82, 2.24) is 9.78 Å². The molecule has 1 heterocycles. The molecule has 1 N–H and O–H groups in total. The fraction of sp³-hybridized carbons (Fsp3) is 0.286. The molecule has 6 nitrogen and oxygen atoms in total. The van der Waals surface area contributed by atoms with Gasteiger partial charge in [-0.1, -0.05) is 6.07 Å². The lowest BCUT2D eigenvalue weighted by molar-refractivity contribution is 0.0683. The molecule has 2 rings (SSSR count). The van der Waals surface area contributed by atoms with Crippen LogP contribution in [-0.2, 0) is 13.2 Å². The molecule has 0 fully saturated rings. The summed E-state index contributed by atoms with van der Waals surface area (Å²) >= 11 is 0. The van der Waals surface area contributed by atoms with Gasteiger partial charge in [0.15, 0.2) is 0 Å². The number of carboxylic acid groups (broad SMARTS) is 1. The Morgan fingerprint density at radius 3 is 2.70 bits per heavy atom. The third-order valence-electron chi connectivity index (χ3n) is 2.78. The molecular weight excluding hydrogens is 260 g/mol.